The largest absolute Gasteiger partial charge is 0.481 e. The van der Waals surface area contributed by atoms with Crippen LogP contribution in [-0.4, -0.2) is 27.5 Å². The Morgan fingerprint density at radius 2 is 2.42 bits per heavy atom. The molecule has 2 N–H and O–H groups in total. The number of anilines is 1. The Morgan fingerprint density at radius 1 is 1.74 bits per heavy atom. The van der Waals surface area contributed by atoms with Crippen LogP contribution in [0.3, 0.4) is 0 Å². The molecule has 0 radical (unpaired) electrons. The molecule has 0 saturated heterocycles. The lowest BCUT2D eigenvalue weighted by atomic mass is 10.1. The van der Waals surface area contributed by atoms with E-state index in [2.05, 4.69) is 10.3 Å². The third-order valence-electron chi connectivity index (χ3n) is 2.55. The van der Waals surface area contributed by atoms with Crippen molar-refractivity contribution in [1.82, 2.24) is 4.98 Å². The average molecular weight is 264 g/mol. The summed E-state index contributed by atoms with van der Waals surface area (Å²) in [5.41, 5.74) is -0.276. The van der Waals surface area contributed by atoms with E-state index in [0.717, 1.165) is 6.07 Å². The van der Waals surface area contributed by atoms with Gasteiger partial charge in [0.05, 0.1) is 16.4 Å². The molecule has 8 nitrogen and oxygen atoms in total. The molecule has 1 aromatic heterocycles. The van der Waals surface area contributed by atoms with E-state index in [4.69, 9.17) is 10.4 Å². The van der Waals surface area contributed by atoms with Gasteiger partial charge in [0.1, 0.15) is 6.07 Å². The van der Waals surface area contributed by atoms with Gasteiger partial charge in [-0.15, -0.1) is 0 Å². The molecule has 100 valence electrons. The van der Waals surface area contributed by atoms with Gasteiger partial charge in [-0.25, -0.2) is 4.98 Å². The zero-order valence-electron chi connectivity index (χ0n) is 10.2. The number of rotatable bonds is 6. The van der Waals surface area contributed by atoms with Crippen LogP contribution in [0.25, 0.3) is 0 Å². The van der Waals surface area contributed by atoms with Crippen molar-refractivity contribution in [3.8, 4) is 6.07 Å². The standard InChI is InChI=1S/C11H12N4O4/c1-2-8(11(16)17)6-14-10-9(15(18)19)3-7(4-12)5-13-10/h3,5,8H,2,6H2,1H3,(H,13,14)(H,16,17). The Morgan fingerprint density at radius 3 is 2.89 bits per heavy atom. The van der Waals surface area contributed by atoms with E-state index >= 15 is 0 Å². The lowest BCUT2D eigenvalue weighted by molar-refractivity contribution is -0.384. The number of carbonyl (C=O) groups is 1. The van der Waals surface area contributed by atoms with Crippen molar-refractivity contribution in [3.63, 3.8) is 0 Å². The van der Waals surface area contributed by atoms with E-state index in [9.17, 15) is 14.9 Å². The van der Waals surface area contributed by atoms with E-state index in [0.29, 0.717) is 6.42 Å². The molecule has 0 fully saturated rings. The lowest BCUT2D eigenvalue weighted by Crippen LogP contribution is -2.22. The number of carboxylic acids is 1. The van der Waals surface area contributed by atoms with Crippen molar-refractivity contribution < 1.29 is 14.8 Å². The summed E-state index contributed by atoms with van der Waals surface area (Å²) in [7, 11) is 0. The van der Waals surface area contributed by atoms with Crippen LogP contribution in [0.15, 0.2) is 12.3 Å². The molecular weight excluding hydrogens is 252 g/mol. The minimum atomic E-state index is -0.980. The molecule has 0 aliphatic rings. The molecule has 8 heteroatoms. The Bertz CT molecular complexity index is 538. The number of pyridine rings is 1. The SMILES string of the molecule is CCC(CNc1ncc(C#N)cc1[N+](=O)[O-])C(=O)O. The highest BCUT2D eigenvalue weighted by atomic mass is 16.6. The predicted octanol–water partition coefficient (Wildman–Crippen LogP) is 1.38. The number of aromatic nitrogens is 1. The van der Waals surface area contributed by atoms with Crippen LogP contribution in [0, 0.1) is 27.4 Å². The van der Waals surface area contributed by atoms with E-state index in [1.165, 1.54) is 6.20 Å². The molecular formula is C11H12N4O4. The summed E-state index contributed by atoms with van der Waals surface area (Å²) in [4.78, 5) is 24.8. The second kappa shape index (κ2) is 6.30. The van der Waals surface area contributed by atoms with Crippen molar-refractivity contribution in [2.75, 3.05) is 11.9 Å². The van der Waals surface area contributed by atoms with E-state index < -0.39 is 16.8 Å². The quantitative estimate of drug-likeness (QED) is 0.586. The topological polar surface area (TPSA) is 129 Å². The maximum Gasteiger partial charge on any atom is 0.312 e. The summed E-state index contributed by atoms with van der Waals surface area (Å²) in [6, 6.07) is 2.85. The van der Waals surface area contributed by atoms with Gasteiger partial charge in [0.2, 0.25) is 5.82 Å². The molecule has 0 aliphatic heterocycles. The highest BCUT2D eigenvalue weighted by Crippen LogP contribution is 2.22. The van der Waals surface area contributed by atoms with Crippen LogP contribution in [-0.2, 0) is 4.79 Å². The number of nitrogens with one attached hydrogen (secondary N) is 1. The number of nitrogens with zero attached hydrogens (tertiary/aromatic N) is 3. The second-order valence-electron chi connectivity index (χ2n) is 3.78. The van der Waals surface area contributed by atoms with Crippen LogP contribution >= 0.6 is 0 Å². The van der Waals surface area contributed by atoms with Crippen LogP contribution < -0.4 is 5.32 Å². The minimum Gasteiger partial charge on any atom is -0.481 e. The van der Waals surface area contributed by atoms with Gasteiger partial charge in [-0.2, -0.15) is 5.26 Å². The van der Waals surface area contributed by atoms with Crippen LogP contribution in [0.4, 0.5) is 11.5 Å². The summed E-state index contributed by atoms with van der Waals surface area (Å²) < 4.78 is 0. The first kappa shape index (κ1) is 14.4. The summed E-state index contributed by atoms with van der Waals surface area (Å²) in [6.07, 6.45) is 1.59. The molecule has 1 unspecified atom stereocenters. The maximum absolute atomic E-state index is 10.8. The van der Waals surface area contributed by atoms with E-state index in [-0.39, 0.29) is 23.6 Å². The fraction of sp³-hybridized carbons (Fsp3) is 0.364. The van der Waals surface area contributed by atoms with Crippen LogP contribution in [0.1, 0.15) is 18.9 Å². The number of aliphatic carboxylic acids is 1. The monoisotopic (exact) mass is 264 g/mol. The number of hydrogen-bond donors (Lipinski definition) is 2. The van der Waals surface area contributed by atoms with Gasteiger partial charge < -0.3 is 10.4 Å². The van der Waals surface area contributed by atoms with Crippen molar-refractivity contribution in [1.29, 1.82) is 5.26 Å². The molecule has 19 heavy (non-hydrogen) atoms. The van der Waals surface area contributed by atoms with Crippen LogP contribution in [0.5, 0.6) is 0 Å². The average Bonchev–Trinajstić information content (AvgIpc) is 2.38. The highest BCUT2D eigenvalue weighted by molar-refractivity contribution is 5.71. The fourth-order valence-electron chi connectivity index (χ4n) is 1.42. The van der Waals surface area contributed by atoms with Gasteiger partial charge in [-0.1, -0.05) is 6.92 Å². The van der Waals surface area contributed by atoms with Gasteiger partial charge in [-0.3, -0.25) is 14.9 Å². The van der Waals surface area contributed by atoms with Crippen LogP contribution in [0.2, 0.25) is 0 Å². The number of nitriles is 1. The number of carboxylic acid groups (broad SMARTS) is 1. The summed E-state index contributed by atoms with van der Waals surface area (Å²) in [5, 5.41) is 31.0. The molecule has 0 aliphatic carbocycles. The Kier molecular flexibility index (Phi) is 4.76. The molecule has 1 rings (SSSR count). The van der Waals surface area contributed by atoms with Crippen molar-refractivity contribution >= 4 is 17.5 Å². The lowest BCUT2D eigenvalue weighted by Gasteiger charge is -2.11. The first-order chi connectivity index (χ1) is 8.99. The molecule has 0 bridgehead atoms. The molecule has 0 amide bonds. The van der Waals surface area contributed by atoms with Gasteiger partial charge in [-0.05, 0) is 6.42 Å². The van der Waals surface area contributed by atoms with E-state index in [1.54, 1.807) is 13.0 Å². The smallest absolute Gasteiger partial charge is 0.312 e. The van der Waals surface area contributed by atoms with Crippen molar-refractivity contribution in [3.05, 3.63) is 27.9 Å². The summed E-state index contributed by atoms with van der Waals surface area (Å²) in [5.74, 6) is -1.67. The fourth-order valence-corrected chi connectivity index (χ4v) is 1.42. The summed E-state index contributed by atoms with van der Waals surface area (Å²) >= 11 is 0. The number of nitro groups is 1. The maximum atomic E-state index is 10.8. The van der Waals surface area contributed by atoms with Gasteiger partial charge in [0, 0.05) is 18.8 Å². The van der Waals surface area contributed by atoms with Crippen molar-refractivity contribution in [2.45, 2.75) is 13.3 Å². The van der Waals surface area contributed by atoms with Gasteiger partial charge in [0.25, 0.3) is 0 Å². The molecule has 0 aromatic carbocycles. The zero-order chi connectivity index (χ0) is 14.4. The minimum absolute atomic E-state index is 0.0333. The zero-order valence-corrected chi connectivity index (χ0v) is 10.2. The first-order valence-electron chi connectivity index (χ1n) is 5.50. The first-order valence-corrected chi connectivity index (χ1v) is 5.50. The third-order valence-corrected chi connectivity index (χ3v) is 2.55. The third kappa shape index (κ3) is 3.64. The number of hydrogen-bond acceptors (Lipinski definition) is 6. The van der Waals surface area contributed by atoms with Gasteiger partial charge in [0.15, 0.2) is 0 Å². The molecule has 0 spiro atoms. The molecule has 1 atom stereocenters. The molecule has 1 aromatic rings. The second-order valence-corrected chi connectivity index (χ2v) is 3.78. The van der Waals surface area contributed by atoms with Crippen molar-refractivity contribution in [2.24, 2.45) is 5.92 Å². The summed E-state index contributed by atoms with van der Waals surface area (Å²) in [6.45, 7) is 1.74. The van der Waals surface area contributed by atoms with Gasteiger partial charge >= 0.3 is 11.7 Å². The Hall–Kier alpha value is -2.69. The van der Waals surface area contributed by atoms with E-state index in [1.807, 2.05) is 0 Å². The Labute approximate surface area is 108 Å². The predicted molar refractivity (Wildman–Crippen MR) is 65.5 cm³/mol. The normalized spacial score (nSPS) is 11.4. The molecule has 1 heterocycles. The Balaban J connectivity index is 2.92. The highest BCUT2D eigenvalue weighted by Gasteiger charge is 2.20. The molecule has 0 saturated carbocycles.